The Bertz CT molecular complexity index is 253. The van der Waals surface area contributed by atoms with E-state index < -0.39 is 0 Å². The van der Waals surface area contributed by atoms with Gasteiger partial charge in [-0.2, -0.15) is 0 Å². The molecule has 1 aromatic rings. The summed E-state index contributed by atoms with van der Waals surface area (Å²) in [5, 5.41) is 5.71. The maximum Gasteiger partial charge on any atom is 0.0388 e. The molecule has 0 saturated carbocycles. The average molecular weight is 209 g/mol. The number of nitrogens with one attached hydrogen (secondary N) is 1. The summed E-state index contributed by atoms with van der Waals surface area (Å²) < 4.78 is 0. The van der Waals surface area contributed by atoms with Crippen LogP contribution in [0.4, 0.5) is 0 Å². The molecule has 2 heteroatoms. The van der Waals surface area contributed by atoms with Crippen molar-refractivity contribution in [2.45, 2.75) is 38.8 Å². The van der Waals surface area contributed by atoms with Crippen LogP contribution in [0.3, 0.4) is 0 Å². The van der Waals surface area contributed by atoms with E-state index in [0.717, 1.165) is 6.42 Å². The molecule has 0 aliphatic rings. The molecule has 0 aromatic carbocycles. The van der Waals surface area contributed by atoms with Gasteiger partial charge in [-0.05, 0) is 38.1 Å². The molecule has 1 aromatic heterocycles. The van der Waals surface area contributed by atoms with E-state index in [-0.39, 0.29) is 0 Å². The summed E-state index contributed by atoms with van der Waals surface area (Å²) in [5.41, 5.74) is 0. The van der Waals surface area contributed by atoms with Crippen LogP contribution in [0.15, 0.2) is 30.2 Å². The summed E-state index contributed by atoms with van der Waals surface area (Å²) in [6.45, 7) is 8.18. The molecule has 0 radical (unpaired) electrons. The topological polar surface area (TPSA) is 12.0 Å². The summed E-state index contributed by atoms with van der Waals surface area (Å²) in [7, 11) is 0. The van der Waals surface area contributed by atoms with E-state index in [1.54, 1.807) is 0 Å². The Labute approximate surface area is 90.9 Å². The number of hydrogen-bond donors (Lipinski definition) is 1. The lowest BCUT2D eigenvalue weighted by Crippen LogP contribution is -2.28. The van der Waals surface area contributed by atoms with Gasteiger partial charge in [0, 0.05) is 17.0 Å². The molecule has 14 heavy (non-hydrogen) atoms. The Hall–Kier alpha value is -0.600. The van der Waals surface area contributed by atoms with E-state index in [1.807, 2.05) is 17.4 Å². The van der Waals surface area contributed by atoms with E-state index in [4.69, 9.17) is 0 Å². The molecule has 1 nitrogen and oxygen atoms in total. The molecule has 1 unspecified atom stereocenters. The van der Waals surface area contributed by atoms with Crippen LogP contribution in [0.1, 0.15) is 37.6 Å². The predicted octanol–water partition coefficient (Wildman–Crippen LogP) is 3.75. The van der Waals surface area contributed by atoms with Crippen molar-refractivity contribution < 1.29 is 0 Å². The minimum absolute atomic E-state index is 0.467. The summed E-state index contributed by atoms with van der Waals surface area (Å²) >= 11 is 1.81. The van der Waals surface area contributed by atoms with Crippen LogP contribution in [0.5, 0.6) is 0 Å². The molecule has 0 amide bonds. The number of thiophene rings is 1. The molecular formula is C12H19NS. The zero-order valence-corrected chi connectivity index (χ0v) is 9.81. The van der Waals surface area contributed by atoms with Gasteiger partial charge in [-0.25, -0.2) is 0 Å². The van der Waals surface area contributed by atoms with Crippen molar-refractivity contribution in [3.63, 3.8) is 0 Å². The predicted molar refractivity (Wildman–Crippen MR) is 64.8 cm³/mol. The molecule has 1 heterocycles. The Morgan fingerprint density at radius 2 is 2.36 bits per heavy atom. The number of allylic oxidation sites excluding steroid dienone is 1. The van der Waals surface area contributed by atoms with Crippen molar-refractivity contribution in [2.75, 3.05) is 0 Å². The maximum absolute atomic E-state index is 3.74. The fraction of sp³-hybridized carbons (Fsp3) is 0.500. The van der Waals surface area contributed by atoms with Crippen LogP contribution in [0, 0.1) is 0 Å². The average Bonchev–Trinajstić information content (AvgIpc) is 2.67. The molecule has 0 spiro atoms. The maximum atomic E-state index is 3.74. The Morgan fingerprint density at radius 1 is 1.57 bits per heavy atom. The number of rotatable bonds is 6. The molecule has 0 bridgehead atoms. The summed E-state index contributed by atoms with van der Waals surface area (Å²) in [6.07, 6.45) is 4.23. The van der Waals surface area contributed by atoms with Gasteiger partial charge in [0.25, 0.3) is 0 Å². The van der Waals surface area contributed by atoms with Crippen molar-refractivity contribution in [1.29, 1.82) is 0 Å². The third-order valence-electron chi connectivity index (χ3n) is 2.31. The molecule has 0 aliphatic carbocycles. The smallest absolute Gasteiger partial charge is 0.0388 e. The largest absolute Gasteiger partial charge is 0.307 e. The first-order valence-electron chi connectivity index (χ1n) is 5.14. The highest BCUT2D eigenvalue weighted by Gasteiger charge is 2.08. The lowest BCUT2D eigenvalue weighted by atomic mass is 10.1. The van der Waals surface area contributed by atoms with Crippen molar-refractivity contribution in [3.05, 3.63) is 35.0 Å². The molecule has 2 atom stereocenters. The lowest BCUT2D eigenvalue weighted by molar-refractivity contribution is 0.463. The first kappa shape index (κ1) is 11.5. The standard InChI is InChI=1S/C12H19NS/c1-4-5-7-10(2)13-11(3)12-8-6-9-14-12/h4,6,8-11,13H,1,5,7H2,2-3H3/t10?,11-/m1/s1. The van der Waals surface area contributed by atoms with E-state index in [9.17, 15) is 0 Å². The summed E-state index contributed by atoms with van der Waals surface area (Å²) in [5.74, 6) is 0. The van der Waals surface area contributed by atoms with Crippen molar-refractivity contribution in [2.24, 2.45) is 0 Å². The molecule has 0 aliphatic heterocycles. The molecule has 78 valence electrons. The van der Waals surface area contributed by atoms with Crippen LogP contribution in [0.25, 0.3) is 0 Å². The highest BCUT2D eigenvalue weighted by molar-refractivity contribution is 7.10. The normalized spacial score (nSPS) is 15.0. The second-order valence-corrected chi connectivity index (χ2v) is 4.65. The molecular weight excluding hydrogens is 190 g/mol. The van der Waals surface area contributed by atoms with Gasteiger partial charge in [0.1, 0.15) is 0 Å². The fourth-order valence-corrected chi connectivity index (χ4v) is 2.24. The molecule has 0 saturated heterocycles. The van der Waals surface area contributed by atoms with Crippen molar-refractivity contribution in [3.8, 4) is 0 Å². The van der Waals surface area contributed by atoms with Gasteiger partial charge in [0.15, 0.2) is 0 Å². The Morgan fingerprint density at radius 3 is 2.93 bits per heavy atom. The third-order valence-corrected chi connectivity index (χ3v) is 3.36. The third kappa shape index (κ3) is 3.64. The van der Waals surface area contributed by atoms with Gasteiger partial charge in [-0.15, -0.1) is 17.9 Å². The first-order chi connectivity index (χ1) is 6.74. The molecule has 0 fully saturated rings. The number of hydrogen-bond acceptors (Lipinski definition) is 2. The van der Waals surface area contributed by atoms with E-state index >= 15 is 0 Å². The van der Waals surface area contributed by atoms with Crippen molar-refractivity contribution in [1.82, 2.24) is 5.32 Å². The second kappa shape index (κ2) is 5.99. The van der Waals surface area contributed by atoms with Crippen LogP contribution in [-0.4, -0.2) is 6.04 Å². The lowest BCUT2D eigenvalue weighted by Gasteiger charge is -2.18. The molecule has 1 N–H and O–H groups in total. The van der Waals surface area contributed by atoms with Crippen LogP contribution in [-0.2, 0) is 0 Å². The highest BCUT2D eigenvalue weighted by atomic mass is 32.1. The van der Waals surface area contributed by atoms with Crippen LogP contribution >= 0.6 is 11.3 Å². The van der Waals surface area contributed by atoms with Gasteiger partial charge >= 0.3 is 0 Å². The van der Waals surface area contributed by atoms with Gasteiger partial charge in [0.05, 0.1) is 0 Å². The SMILES string of the molecule is C=CCCC(C)N[C@H](C)c1cccs1. The zero-order valence-electron chi connectivity index (χ0n) is 8.99. The van der Waals surface area contributed by atoms with Gasteiger partial charge < -0.3 is 5.32 Å². The minimum Gasteiger partial charge on any atom is -0.307 e. The van der Waals surface area contributed by atoms with E-state index in [1.165, 1.54) is 11.3 Å². The minimum atomic E-state index is 0.467. The highest BCUT2D eigenvalue weighted by Crippen LogP contribution is 2.19. The summed E-state index contributed by atoms with van der Waals surface area (Å²) in [4.78, 5) is 1.41. The van der Waals surface area contributed by atoms with Crippen LogP contribution < -0.4 is 5.32 Å². The molecule has 1 rings (SSSR count). The Kier molecular flexibility index (Phi) is 4.91. The van der Waals surface area contributed by atoms with Crippen molar-refractivity contribution >= 4 is 11.3 Å². The van der Waals surface area contributed by atoms with E-state index in [0.29, 0.717) is 12.1 Å². The van der Waals surface area contributed by atoms with Gasteiger partial charge in [0.2, 0.25) is 0 Å². The second-order valence-electron chi connectivity index (χ2n) is 3.67. The Balaban J connectivity index is 2.33. The fourth-order valence-electron chi connectivity index (χ4n) is 1.50. The van der Waals surface area contributed by atoms with Gasteiger partial charge in [-0.1, -0.05) is 12.1 Å². The van der Waals surface area contributed by atoms with E-state index in [2.05, 4.69) is 43.3 Å². The monoisotopic (exact) mass is 209 g/mol. The quantitative estimate of drug-likeness (QED) is 0.704. The van der Waals surface area contributed by atoms with Gasteiger partial charge in [-0.3, -0.25) is 0 Å². The van der Waals surface area contributed by atoms with Crippen LogP contribution in [0.2, 0.25) is 0 Å². The summed E-state index contributed by atoms with van der Waals surface area (Å²) in [6, 6.07) is 5.31. The zero-order chi connectivity index (χ0) is 10.4. The first-order valence-corrected chi connectivity index (χ1v) is 6.02.